The first-order valence-electron chi connectivity index (χ1n) is 6.39. The summed E-state index contributed by atoms with van der Waals surface area (Å²) in [6, 6.07) is 16.4. The molecular formula is C17H11BrClFO. The van der Waals surface area contributed by atoms with Crippen LogP contribution in [0.2, 0.25) is 5.02 Å². The van der Waals surface area contributed by atoms with Crippen LogP contribution in [-0.4, -0.2) is 0 Å². The van der Waals surface area contributed by atoms with Crippen molar-refractivity contribution in [3.63, 3.8) is 0 Å². The third kappa shape index (κ3) is 3.04. The van der Waals surface area contributed by atoms with Crippen LogP contribution in [-0.2, 0) is 6.61 Å². The van der Waals surface area contributed by atoms with Crippen molar-refractivity contribution in [3.8, 4) is 5.75 Å². The normalized spacial score (nSPS) is 10.8. The summed E-state index contributed by atoms with van der Waals surface area (Å²) in [5, 5.41) is 2.56. The summed E-state index contributed by atoms with van der Waals surface area (Å²) in [6.07, 6.45) is 0. The van der Waals surface area contributed by atoms with E-state index in [0.717, 1.165) is 15.2 Å². The van der Waals surface area contributed by atoms with Crippen molar-refractivity contribution in [1.29, 1.82) is 0 Å². The average molecular weight is 366 g/mol. The number of fused-ring (bicyclic) bond motifs is 1. The highest BCUT2D eigenvalue weighted by Gasteiger charge is 2.08. The third-order valence-electron chi connectivity index (χ3n) is 3.23. The second kappa shape index (κ2) is 6.04. The Hall–Kier alpha value is -1.58. The second-order valence-electron chi connectivity index (χ2n) is 4.62. The van der Waals surface area contributed by atoms with Crippen LogP contribution in [0.1, 0.15) is 5.56 Å². The van der Waals surface area contributed by atoms with Gasteiger partial charge < -0.3 is 4.74 Å². The molecule has 0 fully saturated rings. The molecule has 21 heavy (non-hydrogen) atoms. The molecule has 1 nitrogen and oxygen atoms in total. The predicted octanol–water partition coefficient (Wildman–Crippen LogP) is 5.97. The zero-order valence-corrected chi connectivity index (χ0v) is 13.3. The predicted molar refractivity (Wildman–Crippen MR) is 87.4 cm³/mol. The van der Waals surface area contributed by atoms with Crippen molar-refractivity contribution < 1.29 is 9.13 Å². The summed E-state index contributed by atoms with van der Waals surface area (Å²) in [5.74, 6) is 0.322. The van der Waals surface area contributed by atoms with Gasteiger partial charge in [0.05, 0.1) is 4.47 Å². The van der Waals surface area contributed by atoms with E-state index >= 15 is 0 Å². The number of halogens is 3. The van der Waals surface area contributed by atoms with E-state index < -0.39 is 0 Å². The molecule has 0 aromatic heterocycles. The molecule has 0 heterocycles. The van der Waals surface area contributed by atoms with Crippen molar-refractivity contribution in [3.05, 3.63) is 75.5 Å². The van der Waals surface area contributed by atoms with Gasteiger partial charge in [-0.15, -0.1) is 0 Å². The first-order chi connectivity index (χ1) is 10.1. The molecule has 0 atom stereocenters. The lowest BCUT2D eigenvalue weighted by molar-refractivity contribution is 0.298. The van der Waals surface area contributed by atoms with Gasteiger partial charge in [0, 0.05) is 10.6 Å². The summed E-state index contributed by atoms with van der Waals surface area (Å²) in [5.41, 5.74) is 0.472. The monoisotopic (exact) mass is 364 g/mol. The van der Waals surface area contributed by atoms with Gasteiger partial charge in [-0.25, -0.2) is 4.39 Å². The number of hydrogen-bond acceptors (Lipinski definition) is 1. The summed E-state index contributed by atoms with van der Waals surface area (Å²) in [7, 11) is 0. The molecule has 0 spiro atoms. The Morgan fingerprint density at radius 3 is 2.67 bits per heavy atom. The molecule has 3 aromatic rings. The SMILES string of the molecule is Fc1cc(Cl)ccc1COc1ccc2ccccc2c1Br. The highest BCUT2D eigenvalue weighted by Crippen LogP contribution is 2.33. The van der Waals surface area contributed by atoms with Gasteiger partial charge in [-0.2, -0.15) is 0 Å². The summed E-state index contributed by atoms with van der Waals surface area (Å²) < 4.78 is 20.3. The zero-order valence-electron chi connectivity index (χ0n) is 10.9. The van der Waals surface area contributed by atoms with Gasteiger partial charge in [0.2, 0.25) is 0 Å². The molecule has 0 aliphatic heterocycles. The number of rotatable bonds is 3. The third-order valence-corrected chi connectivity index (χ3v) is 4.28. The second-order valence-corrected chi connectivity index (χ2v) is 5.85. The molecule has 0 aliphatic rings. The molecule has 3 aromatic carbocycles. The first kappa shape index (κ1) is 14.4. The van der Waals surface area contributed by atoms with Gasteiger partial charge in [0.1, 0.15) is 18.2 Å². The van der Waals surface area contributed by atoms with Gasteiger partial charge >= 0.3 is 0 Å². The van der Waals surface area contributed by atoms with E-state index in [1.54, 1.807) is 12.1 Å². The minimum atomic E-state index is -0.362. The Morgan fingerprint density at radius 2 is 1.86 bits per heavy atom. The Balaban J connectivity index is 1.87. The summed E-state index contributed by atoms with van der Waals surface area (Å²) in [4.78, 5) is 0. The molecule has 0 bridgehead atoms. The summed E-state index contributed by atoms with van der Waals surface area (Å²) in [6.45, 7) is 0.153. The standard InChI is InChI=1S/C17H11BrClFO/c18-17-14-4-2-1-3-11(14)6-8-16(17)21-10-12-5-7-13(19)9-15(12)20/h1-9H,10H2. The maximum Gasteiger partial charge on any atom is 0.134 e. The lowest BCUT2D eigenvalue weighted by atomic mass is 10.1. The van der Waals surface area contributed by atoms with E-state index in [2.05, 4.69) is 15.9 Å². The molecule has 106 valence electrons. The van der Waals surface area contributed by atoms with Crippen molar-refractivity contribution >= 4 is 38.3 Å². The molecule has 4 heteroatoms. The van der Waals surface area contributed by atoms with Crippen LogP contribution >= 0.6 is 27.5 Å². The van der Waals surface area contributed by atoms with E-state index in [-0.39, 0.29) is 12.4 Å². The molecule has 0 unspecified atom stereocenters. The van der Waals surface area contributed by atoms with Crippen LogP contribution in [0.15, 0.2) is 59.1 Å². The van der Waals surface area contributed by atoms with Gasteiger partial charge in [0.15, 0.2) is 0 Å². The van der Waals surface area contributed by atoms with Gasteiger partial charge in [-0.05, 0) is 44.9 Å². The van der Waals surface area contributed by atoms with Crippen LogP contribution in [0.4, 0.5) is 4.39 Å². The van der Waals surface area contributed by atoms with E-state index in [0.29, 0.717) is 16.3 Å². The molecule has 3 rings (SSSR count). The fourth-order valence-electron chi connectivity index (χ4n) is 2.12. The van der Waals surface area contributed by atoms with Gasteiger partial charge in [-0.3, -0.25) is 0 Å². The number of benzene rings is 3. The topological polar surface area (TPSA) is 9.23 Å². The van der Waals surface area contributed by atoms with E-state index in [4.69, 9.17) is 16.3 Å². The van der Waals surface area contributed by atoms with Gasteiger partial charge in [0.25, 0.3) is 0 Å². The van der Waals surface area contributed by atoms with Crippen molar-refractivity contribution in [1.82, 2.24) is 0 Å². The molecular weight excluding hydrogens is 355 g/mol. The lowest BCUT2D eigenvalue weighted by Crippen LogP contribution is -1.99. The lowest BCUT2D eigenvalue weighted by Gasteiger charge is -2.11. The van der Waals surface area contributed by atoms with Crippen molar-refractivity contribution in [2.75, 3.05) is 0 Å². The number of hydrogen-bond donors (Lipinski definition) is 0. The molecule has 0 radical (unpaired) electrons. The Kier molecular flexibility index (Phi) is 4.13. The van der Waals surface area contributed by atoms with E-state index in [1.165, 1.54) is 6.07 Å². The molecule has 0 amide bonds. The number of ether oxygens (including phenoxy) is 1. The van der Waals surface area contributed by atoms with Crippen LogP contribution in [0.5, 0.6) is 5.75 Å². The minimum Gasteiger partial charge on any atom is -0.488 e. The fourth-order valence-corrected chi connectivity index (χ4v) is 2.89. The van der Waals surface area contributed by atoms with E-state index in [1.807, 2.05) is 36.4 Å². The highest BCUT2D eigenvalue weighted by atomic mass is 79.9. The van der Waals surface area contributed by atoms with Gasteiger partial charge in [-0.1, -0.05) is 48.0 Å². The molecule has 0 saturated carbocycles. The molecule has 0 saturated heterocycles. The zero-order chi connectivity index (χ0) is 14.8. The Labute approximate surface area is 135 Å². The molecule has 0 aliphatic carbocycles. The van der Waals surface area contributed by atoms with Crippen LogP contribution in [0.25, 0.3) is 10.8 Å². The smallest absolute Gasteiger partial charge is 0.134 e. The highest BCUT2D eigenvalue weighted by molar-refractivity contribution is 9.10. The quantitative estimate of drug-likeness (QED) is 0.555. The largest absolute Gasteiger partial charge is 0.488 e. The first-order valence-corrected chi connectivity index (χ1v) is 7.56. The maximum absolute atomic E-state index is 13.7. The summed E-state index contributed by atoms with van der Waals surface area (Å²) >= 11 is 9.28. The minimum absolute atomic E-state index is 0.153. The average Bonchev–Trinajstić information content (AvgIpc) is 2.48. The molecule has 0 N–H and O–H groups in total. The van der Waals surface area contributed by atoms with Crippen molar-refractivity contribution in [2.24, 2.45) is 0 Å². The van der Waals surface area contributed by atoms with Crippen LogP contribution in [0.3, 0.4) is 0 Å². The Bertz CT molecular complexity index is 804. The van der Waals surface area contributed by atoms with Crippen LogP contribution < -0.4 is 4.74 Å². The Morgan fingerprint density at radius 1 is 1.05 bits per heavy atom. The van der Waals surface area contributed by atoms with Crippen LogP contribution in [0, 0.1) is 5.82 Å². The van der Waals surface area contributed by atoms with Crippen molar-refractivity contribution in [2.45, 2.75) is 6.61 Å². The maximum atomic E-state index is 13.7. The van der Waals surface area contributed by atoms with E-state index in [9.17, 15) is 4.39 Å². The fraction of sp³-hybridized carbons (Fsp3) is 0.0588.